The highest BCUT2D eigenvalue weighted by atomic mass is 16.6. The number of fused-ring (bicyclic) bond motifs is 1. The van der Waals surface area contributed by atoms with Gasteiger partial charge in [-0.05, 0) is 43.2 Å². The quantitative estimate of drug-likeness (QED) is 0.562. The molecule has 0 aliphatic carbocycles. The fourth-order valence-corrected chi connectivity index (χ4v) is 3.43. The van der Waals surface area contributed by atoms with E-state index in [0.29, 0.717) is 56.2 Å². The minimum atomic E-state index is -0.416. The van der Waals surface area contributed by atoms with Gasteiger partial charge in [0.15, 0.2) is 29.6 Å². The van der Waals surface area contributed by atoms with Crippen LogP contribution in [-0.2, 0) is 9.53 Å². The van der Waals surface area contributed by atoms with E-state index in [-0.39, 0.29) is 30.0 Å². The van der Waals surface area contributed by atoms with E-state index < -0.39 is 5.97 Å². The molecule has 3 heterocycles. The van der Waals surface area contributed by atoms with E-state index in [4.69, 9.17) is 18.6 Å². The number of carbonyl (C=O) groups is 3. The maximum atomic E-state index is 12.4. The Morgan fingerprint density at radius 1 is 1.03 bits per heavy atom. The fourth-order valence-electron chi connectivity index (χ4n) is 3.43. The van der Waals surface area contributed by atoms with Crippen molar-refractivity contribution in [1.82, 2.24) is 4.90 Å². The van der Waals surface area contributed by atoms with Crippen LogP contribution in [0.4, 0.5) is 0 Å². The molecule has 0 atom stereocenters. The third kappa shape index (κ3) is 4.26. The summed E-state index contributed by atoms with van der Waals surface area (Å²) >= 11 is 0. The van der Waals surface area contributed by atoms with Crippen molar-refractivity contribution in [3.63, 3.8) is 0 Å². The highest BCUT2D eigenvalue weighted by molar-refractivity contribution is 5.98. The molecule has 0 radical (unpaired) electrons. The van der Waals surface area contributed by atoms with Crippen molar-refractivity contribution < 1.29 is 33.0 Å². The van der Waals surface area contributed by atoms with Crippen molar-refractivity contribution in [2.75, 3.05) is 32.9 Å². The monoisotopic (exact) mass is 399 g/mol. The molecule has 4 rings (SSSR count). The molecule has 2 aromatic rings. The smallest absolute Gasteiger partial charge is 0.309 e. The van der Waals surface area contributed by atoms with Gasteiger partial charge in [-0.15, -0.1) is 0 Å². The normalized spacial score (nSPS) is 16.3. The predicted octanol–water partition coefficient (Wildman–Crippen LogP) is 2.33. The molecule has 2 aliphatic rings. The minimum absolute atomic E-state index is 0.185. The summed E-state index contributed by atoms with van der Waals surface area (Å²) < 4.78 is 21.3. The number of amides is 1. The fraction of sp³-hybridized carbons (Fsp3) is 0.381. The first-order chi connectivity index (χ1) is 14.1. The number of Topliss-reactive ketones (excluding diaryl/α,β-unsaturated/α-hetero) is 1. The maximum absolute atomic E-state index is 12.4. The number of likely N-dealkylation sites (tertiary alicyclic amines) is 1. The molecule has 152 valence electrons. The predicted molar refractivity (Wildman–Crippen MR) is 100 cm³/mol. The Balaban J connectivity index is 1.26. The Bertz CT molecular complexity index is 898. The standard InChI is InChI=1S/C21H21NO7/c23-16(15-3-4-17-19(12-15)28-11-10-27-17)13-29-21(25)14-5-7-22(8-6-14)20(24)18-2-1-9-26-18/h1-4,9,12,14H,5-8,10-11,13H2. The van der Waals surface area contributed by atoms with Crippen LogP contribution < -0.4 is 9.47 Å². The van der Waals surface area contributed by atoms with Crippen molar-refractivity contribution >= 4 is 17.7 Å². The zero-order valence-electron chi connectivity index (χ0n) is 15.8. The molecular weight excluding hydrogens is 378 g/mol. The minimum Gasteiger partial charge on any atom is -0.486 e. The number of piperidine rings is 1. The van der Waals surface area contributed by atoms with Gasteiger partial charge in [0.2, 0.25) is 0 Å². The zero-order valence-corrected chi connectivity index (χ0v) is 15.8. The van der Waals surface area contributed by atoms with E-state index in [2.05, 4.69) is 0 Å². The van der Waals surface area contributed by atoms with Gasteiger partial charge in [-0.3, -0.25) is 14.4 Å². The number of carbonyl (C=O) groups excluding carboxylic acids is 3. The first-order valence-electron chi connectivity index (χ1n) is 9.54. The maximum Gasteiger partial charge on any atom is 0.309 e. The lowest BCUT2D eigenvalue weighted by molar-refractivity contribution is -0.148. The molecule has 8 heteroatoms. The molecule has 1 aromatic heterocycles. The average molecular weight is 399 g/mol. The summed E-state index contributed by atoms with van der Waals surface area (Å²) in [7, 11) is 0. The third-order valence-electron chi connectivity index (χ3n) is 5.06. The van der Waals surface area contributed by atoms with Gasteiger partial charge in [0.05, 0.1) is 12.2 Å². The van der Waals surface area contributed by atoms with Gasteiger partial charge in [-0.2, -0.15) is 0 Å². The highest BCUT2D eigenvalue weighted by Crippen LogP contribution is 2.31. The van der Waals surface area contributed by atoms with Gasteiger partial charge >= 0.3 is 5.97 Å². The molecule has 29 heavy (non-hydrogen) atoms. The van der Waals surface area contributed by atoms with Gasteiger partial charge in [-0.25, -0.2) is 0 Å². The topological polar surface area (TPSA) is 95.3 Å². The van der Waals surface area contributed by atoms with Crippen molar-refractivity contribution in [1.29, 1.82) is 0 Å². The Morgan fingerprint density at radius 3 is 2.52 bits per heavy atom. The lowest BCUT2D eigenvalue weighted by atomic mass is 9.97. The van der Waals surface area contributed by atoms with Crippen LogP contribution in [0.2, 0.25) is 0 Å². The van der Waals surface area contributed by atoms with E-state index in [1.54, 1.807) is 35.2 Å². The Morgan fingerprint density at radius 2 is 1.79 bits per heavy atom. The molecule has 1 fully saturated rings. The lowest BCUT2D eigenvalue weighted by Crippen LogP contribution is -2.40. The van der Waals surface area contributed by atoms with E-state index in [0.717, 1.165) is 0 Å². The summed E-state index contributed by atoms with van der Waals surface area (Å²) in [4.78, 5) is 38.6. The Hall–Kier alpha value is -3.29. The number of rotatable bonds is 5. The van der Waals surface area contributed by atoms with E-state index >= 15 is 0 Å². The molecule has 1 saturated heterocycles. The summed E-state index contributed by atoms with van der Waals surface area (Å²) in [5.74, 6) is 0.166. The van der Waals surface area contributed by atoms with Crippen LogP contribution >= 0.6 is 0 Å². The number of nitrogens with zero attached hydrogens (tertiary/aromatic N) is 1. The van der Waals surface area contributed by atoms with E-state index in [9.17, 15) is 14.4 Å². The number of hydrogen-bond donors (Lipinski definition) is 0. The molecule has 1 aromatic carbocycles. The number of esters is 1. The number of ether oxygens (including phenoxy) is 3. The molecule has 8 nitrogen and oxygen atoms in total. The number of hydrogen-bond acceptors (Lipinski definition) is 7. The second-order valence-electron chi connectivity index (χ2n) is 6.93. The Labute approximate surface area is 167 Å². The summed E-state index contributed by atoms with van der Waals surface area (Å²) in [6, 6.07) is 8.18. The van der Waals surface area contributed by atoms with Crippen LogP contribution in [0.15, 0.2) is 41.0 Å². The highest BCUT2D eigenvalue weighted by Gasteiger charge is 2.30. The SMILES string of the molecule is O=C(COC(=O)C1CCN(C(=O)c2ccco2)CC1)c1ccc2c(c1)OCCO2. The van der Waals surface area contributed by atoms with Crippen LogP contribution in [0.5, 0.6) is 11.5 Å². The van der Waals surface area contributed by atoms with Gasteiger partial charge in [0, 0.05) is 18.7 Å². The molecule has 0 bridgehead atoms. The largest absolute Gasteiger partial charge is 0.486 e. The number of ketones is 1. The molecule has 0 spiro atoms. The molecule has 0 saturated carbocycles. The molecule has 0 unspecified atom stereocenters. The third-order valence-corrected chi connectivity index (χ3v) is 5.06. The van der Waals surface area contributed by atoms with Crippen LogP contribution in [0.1, 0.15) is 33.8 Å². The lowest BCUT2D eigenvalue weighted by Gasteiger charge is -2.30. The first-order valence-corrected chi connectivity index (χ1v) is 9.54. The van der Waals surface area contributed by atoms with Crippen LogP contribution in [0, 0.1) is 5.92 Å². The second kappa shape index (κ2) is 8.38. The molecule has 0 N–H and O–H groups in total. The summed E-state index contributed by atoms with van der Waals surface area (Å²) in [6.45, 7) is 1.46. The molecule has 1 amide bonds. The van der Waals surface area contributed by atoms with Gasteiger partial charge < -0.3 is 23.5 Å². The number of furan rings is 1. The average Bonchev–Trinajstić information content (AvgIpc) is 3.31. The van der Waals surface area contributed by atoms with E-state index in [1.165, 1.54) is 6.26 Å². The summed E-state index contributed by atoms with van der Waals surface area (Å²) in [5.41, 5.74) is 0.404. The van der Waals surface area contributed by atoms with Crippen molar-refractivity contribution in [2.24, 2.45) is 5.92 Å². The van der Waals surface area contributed by atoms with Crippen molar-refractivity contribution in [2.45, 2.75) is 12.8 Å². The van der Waals surface area contributed by atoms with Gasteiger partial charge in [0.1, 0.15) is 13.2 Å². The first kappa shape index (κ1) is 19.0. The Kier molecular flexibility index (Phi) is 5.50. The van der Waals surface area contributed by atoms with Crippen molar-refractivity contribution in [3.05, 3.63) is 47.9 Å². The van der Waals surface area contributed by atoms with Gasteiger partial charge in [-0.1, -0.05) is 0 Å². The summed E-state index contributed by atoms with van der Waals surface area (Å²) in [6.07, 6.45) is 2.43. The van der Waals surface area contributed by atoms with E-state index in [1.807, 2.05) is 0 Å². The zero-order chi connectivity index (χ0) is 20.2. The van der Waals surface area contributed by atoms with Crippen LogP contribution in [-0.4, -0.2) is 55.5 Å². The van der Waals surface area contributed by atoms with Crippen LogP contribution in [0.25, 0.3) is 0 Å². The van der Waals surface area contributed by atoms with Gasteiger partial charge in [0.25, 0.3) is 5.91 Å². The second-order valence-corrected chi connectivity index (χ2v) is 6.93. The molecule has 2 aliphatic heterocycles. The summed E-state index contributed by atoms with van der Waals surface area (Å²) in [5, 5.41) is 0. The number of benzene rings is 1. The van der Waals surface area contributed by atoms with Crippen molar-refractivity contribution in [3.8, 4) is 11.5 Å². The molecular formula is C21H21NO7. The van der Waals surface area contributed by atoms with Crippen LogP contribution in [0.3, 0.4) is 0 Å².